The van der Waals surface area contributed by atoms with E-state index in [2.05, 4.69) is 21.0 Å². The average molecular weight is 532 g/mol. The van der Waals surface area contributed by atoms with E-state index < -0.39 is 10.0 Å². The van der Waals surface area contributed by atoms with Crippen LogP contribution in [0.2, 0.25) is 10.0 Å². The summed E-state index contributed by atoms with van der Waals surface area (Å²) in [6.45, 7) is 4.22. The van der Waals surface area contributed by atoms with Crippen molar-refractivity contribution in [2.24, 2.45) is 5.92 Å². The fourth-order valence-corrected chi connectivity index (χ4v) is 5.64. The molecule has 0 aromatic heterocycles. The molecule has 0 aliphatic carbocycles. The zero-order valence-corrected chi connectivity index (χ0v) is 21.6. The van der Waals surface area contributed by atoms with Gasteiger partial charge in [-0.25, -0.2) is 8.42 Å². The lowest BCUT2D eigenvalue weighted by atomic mass is 9.95. The number of likely N-dealkylation sites (tertiary alicyclic amines) is 1. The SMILES string of the molecule is Cc1c(Cl)cccc1NS(=O)(=O)c1ccc(NC(=O)C2CCN(Cc3cccc(Cl)c3)CC2)cc1. The number of amides is 1. The molecule has 2 N–H and O–H groups in total. The lowest BCUT2D eigenvalue weighted by Gasteiger charge is -2.31. The van der Waals surface area contributed by atoms with Crippen molar-refractivity contribution < 1.29 is 13.2 Å². The van der Waals surface area contributed by atoms with E-state index in [1.807, 2.05) is 18.2 Å². The Hall–Kier alpha value is -2.58. The van der Waals surface area contributed by atoms with Crippen molar-refractivity contribution in [3.8, 4) is 0 Å². The van der Waals surface area contributed by atoms with Gasteiger partial charge in [0.1, 0.15) is 0 Å². The van der Waals surface area contributed by atoms with E-state index in [-0.39, 0.29) is 16.7 Å². The Balaban J connectivity index is 1.31. The molecule has 1 heterocycles. The van der Waals surface area contributed by atoms with Crippen molar-refractivity contribution in [1.82, 2.24) is 4.90 Å². The van der Waals surface area contributed by atoms with Crippen LogP contribution in [0.3, 0.4) is 0 Å². The van der Waals surface area contributed by atoms with E-state index in [1.165, 1.54) is 12.1 Å². The number of rotatable bonds is 7. The molecule has 1 amide bonds. The van der Waals surface area contributed by atoms with Crippen molar-refractivity contribution in [2.45, 2.75) is 31.2 Å². The summed E-state index contributed by atoms with van der Waals surface area (Å²) in [6.07, 6.45) is 1.53. The van der Waals surface area contributed by atoms with Crippen LogP contribution in [-0.4, -0.2) is 32.3 Å². The monoisotopic (exact) mass is 531 g/mol. The van der Waals surface area contributed by atoms with Crippen molar-refractivity contribution in [1.29, 1.82) is 0 Å². The molecule has 35 heavy (non-hydrogen) atoms. The molecular weight excluding hydrogens is 505 g/mol. The molecule has 0 radical (unpaired) electrons. The molecule has 3 aromatic carbocycles. The van der Waals surface area contributed by atoms with Crippen molar-refractivity contribution in [3.05, 3.63) is 87.9 Å². The number of sulfonamides is 1. The summed E-state index contributed by atoms with van der Waals surface area (Å²) in [4.78, 5) is 15.2. The average Bonchev–Trinajstić information content (AvgIpc) is 2.83. The Bertz CT molecular complexity index is 1310. The second-order valence-corrected chi connectivity index (χ2v) is 11.2. The van der Waals surface area contributed by atoms with E-state index in [4.69, 9.17) is 23.2 Å². The first kappa shape index (κ1) is 25.5. The smallest absolute Gasteiger partial charge is 0.261 e. The summed E-state index contributed by atoms with van der Waals surface area (Å²) in [7, 11) is -3.79. The zero-order valence-electron chi connectivity index (χ0n) is 19.3. The van der Waals surface area contributed by atoms with Crippen molar-refractivity contribution in [2.75, 3.05) is 23.1 Å². The number of anilines is 2. The topological polar surface area (TPSA) is 78.5 Å². The molecule has 1 aliphatic rings. The first-order chi connectivity index (χ1) is 16.7. The van der Waals surface area contributed by atoms with Crippen LogP contribution in [0.15, 0.2) is 71.6 Å². The van der Waals surface area contributed by atoms with Gasteiger partial charge in [-0.3, -0.25) is 14.4 Å². The molecule has 0 saturated carbocycles. The summed E-state index contributed by atoms with van der Waals surface area (Å²) in [5.41, 5.74) is 2.81. The van der Waals surface area contributed by atoms with Crippen molar-refractivity contribution in [3.63, 3.8) is 0 Å². The van der Waals surface area contributed by atoms with Gasteiger partial charge in [0.05, 0.1) is 10.6 Å². The Morgan fingerprint density at radius 1 is 1.00 bits per heavy atom. The highest BCUT2D eigenvalue weighted by atomic mass is 35.5. The third-order valence-electron chi connectivity index (χ3n) is 6.20. The van der Waals surface area contributed by atoms with E-state index in [9.17, 15) is 13.2 Å². The fraction of sp³-hybridized carbons (Fsp3) is 0.269. The molecule has 0 bridgehead atoms. The second-order valence-electron chi connectivity index (χ2n) is 8.71. The van der Waals surface area contributed by atoms with E-state index in [1.54, 1.807) is 37.3 Å². The molecule has 0 atom stereocenters. The Labute approximate surface area is 216 Å². The van der Waals surface area contributed by atoms with Gasteiger partial charge in [0.2, 0.25) is 5.91 Å². The fourth-order valence-electron chi connectivity index (χ4n) is 4.13. The van der Waals surface area contributed by atoms with Gasteiger partial charge in [0.15, 0.2) is 0 Å². The number of hydrogen-bond acceptors (Lipinski definition) is 4. The largest absolute Gasteiger partial charge is 0.326 e. The molecule has 6 nitrogen and oxygen atoms in total. The predicted octanol–water partition coefficient (Wildman–Crippen LogP) is 5.95. The number of benzene rings is 3. The number of nitrogens with one attached hydrogen (secondary N) is 2. The Morgan fingerprint density at radius 2 is 1.69 bits per heavy atom. The number of halogens is 2. The number of nitrogens with zero attached hydrogens (tertiary/aromatic N) is 1. The van der Waals surface area contributed by atoms with Gasteiger partial charge < -0.3 is 5.32 Å². The molecule has 4 rings (SSSR count). The number of carbonyl (C=O) groups excluding carboxylic acids is 1. The van der Waals surface area contributed by atoms with Crippen LogP contribution in [0.25, 0.3) is 0 Å². The van der Waals surface area contributed by atoms with E-state index in [0.717, 1.165) is 43.1 Å². The van der Waals surface area contributed by atoms with E-state index >= 15 is 0 Å². The Kier molecular flexibility index (Phi) is 8.02. The second kappa shape index (κ2) is 11.0. The highest BCUT2D eigenvalue weighted by Gasteiger charge is 2.25. The molecule has 1 aliphatic heterocycles. The first-order valence-electron chi connectivity index (χ1n) is 11.4. The van der Waals surface area contributed by atoms with Gasteiger partial charge in [0, 0.05) is 28.2 Å². The summed E-state index contributed by atoms with van der Waals surface area (Å²) >= 11 is 12.2. The molecule has 0 unspecified atom stereocenters. The van der Waals surface area contributed by atoms with Gasteiger partial charge in [-0.2, -0.15) is 0 Å². The van der Waals surface area contributed by atoms with Crippen LogP contribution in [0.1, 0.15) is 24.0 Å². The quantitative estimate of drug-likeness (QED) is 0.394. The molecule has 1 fully saturated rings. The summed E-state index contributed by atoms with van der Waals surface area (Å²) in [6, 6.07) is 19.0. The maximum Gasteiger partial charge on any atom is 0.261 e. The number of hydrogen-bond donors (Lipinski definition) is 2. The van der Waals surface area contributed by atoms with Crippen LogP contribution < -0.4 is 10.0 Å². The van der Waals surface area contributed by atoms with Crippen LogP contribution in [-0.2, 0) is 21.4 Å². The summed E-state index contributed by atoms with van der Waals surface area (Å²) < 4.78 is 28.1. The van der Waals surface area contributed by atoms with Gasteiger partial charge in [-0.15, -0.1) is 0 Å². The maximum atomic E-state index is 12.8. The zero-order chi connectivity index (χ0) is 25.0. The van der Waals surface area contributed by atoms with Gasteiger partial charge in [-0.05, 0) is 92.5 Å². The summed E-state index contributed by atoms with van der Waals surface area (Å²) in [5, 5.41) is 4.13. The van der Waals surface area contributed by atoms with Gasteiger partial charge >= 0.3 is 0 Å². The van der Waals surface area contributed by atoms with Crippen LogP contribution >= 0.6 is 23.2 Å². The highest BCUT2D eigenvalue weighted by Crippen LogP contribution is 2.26. The third kappa shape index (κ3) is 6.55. The molecular formula is C26H27Cl2N3O3S. The molecule has 1 saturated heterocycles. The first-order valence-corrected chi connectivity index (χ1v) is 13.6. The highest BCUT2D eigenvalue weighted by molar-refractivity contribution is 7.92. The van der Waals surface area contributed by atoms with Crippen LogP contribution in [0.5, 0.6) is 0 Å². The number of piperidine rings is 1. The summed E-state index contributed by atoms with van der Waals surface area (Å²) in [5.74, 6) is -0.128. The molecule has 184 valence electrons. The van der Waals surface area contributed by atoms with Crippen LogP contribution in [0.4, 0.5) is 11.4 Å². The maximum absolute atomic E-state index is 12.8. The normalized spacial score (nSPS) is 15.1. The predicted molar refractivity (Wildman–Crippen MR) is 142 cm³/mol. The number of carbonyl (C=O) groups is 1. The lowest BCUT2D eigenvalue weighted by molar-refractivity contribution is -0.121. The Morgan fingerprint density at radius 3 is 2.37 bits per heavy atom. The molecule has 9 heteroatoms. The minimum atomic E-state index is -3.79. The van der Waals surface area contributed by atoms with E-state index in [0.29, 0.717) is 22.0 Å². The minimum Gasteiger partial charge on any atom is -0.326 e. The minimum absolute atomic E-state index is 0.0457. The van der Waals surface area contributed by atoms with Gasteiger partial charge in [0.25, 0.3) is 10.0 Å². The van der Waals surface area contributed by atoms with Gasteiger partial charge in [-0.1, -0.05) is 41.4 Å². The third-order valence-corrected chi connectivity index (χ3v) is 8.22. The molecule has 3 aromatic rings. The standard InChI is InChI=1S/C26H27Cl2N3O3S/c1-18-24(28)6-3-7-25(18)30-35(33,34)23-10-8-22(9-11-23)29-26(32)20-12-14-31(15-13-20)17-19-4-2-5-21(27)16-19/h2-11,16,20,30H,12-15,17H2,1H3,(H,29,32). The van der Waals surface area contributed by atoms with Crippen molar-refractivity contribution >= 4 is 50.5 Å². The lowest BCUT2D eigenvalue weighted by Crippen LogP contribution is -2.37. The molecule has 0 spiro atoms. The van der Waals surface area contributed by atoms with Crippen LogP contribution in [0, 0.1) is 12.8 Å².